The smallest absolute Gasteiger partial charge is 0.131 e. The molecule has 4 nitrogen and oxygen atoms in total. The molecule has 0 radical (unpaired) electrons. The lowest BCUT2D eigenvalue weighted by molar-refractivity contribution is -0.220. The monoisotopic (exact) mass is 294 g/mol. The number of aliphatic hydroxyl groups is 4. The van der Waals surface area contributed by atoms with Crippen LogP contribution in [0.3, 0.4) is 0 Å². The Bertz CT molecular complexity index is 489. The van der Waals surface area contributed by atoms with Crippen molar-refractivity contribution in [3.8, 4) is 0 Å². The van der Waals surface area contributed by atoms with E-state index >= 15 is 0 Å². The minimum atomic E-state index is -1.72. The van der Waals surface area contributed by atoms with Crippen LogP contribution in [0, 0.1) is 11.8 Å². The van der Waals surface area contributed by atoms with Crippen LogP contribution in [0.5, 0.6) is 0 Å². The fraction of sp³-hybridized carbons (Fsp3) is 0.765. The normalized spacial score (nSPS) is 55.3. The third-order valence-corrected chi connectivity index (χ3v) is 6.16. The predicted octanol–water partition coefficient (Wildman–Crippen LogP) is 1.29. The van der Waals surface area contributed by atoms with Crippen LogP contribution < -0.4 is 0 Å². The first-order valence-corrected chi connectivity index (χ1v) is 7.96. The van der Waals surface area contributed by atoms with Gasteiger partial charge in [-0.1, -0.05) is 31.6 Å². The Kier molecular flexibility index (Phi) is 3.20. The first kappa shape index (κ1) is 15.2. The highest BCUT2D eigenvalue weighted by Crippen LogP contribution is 2.66. The molecule has 0 aromatic rings. The number of hydrogen-bond acceptors (Lipinski definition) is 4. The standard InChI is InChI=1S/C17H26O4/c1-3-8-16(20)12(4-2)10-15(19)11-14(18)9-6-5-7-13(14)17(15,16)21/h4-5,7,12-13,18-21H,2-3,6,8-11H2,1H3/t12-,13+,14+,15+,16+,17+/m1/s1. The van der Waals surface area contributed by atoms with E-state index < -0.39 is 28.3 Å². The molecule has 0 heterocycles. The third-order valence-electron chi connectivity index (χ3n) is 6.16. The zero-order valence-corrected chi connectivity index (χ0v) is 12.6. The van der Waals surface area contributed by atoms with Crippen molar-refractivity contribution in [3.63, 3.8) is 0 Å². The van der Waals surface area contributed by atoms with E-state index in [9.17, 15) is 20.4 Å². The van der Waals surface area contributed by atoms with Crippen LogP contribution in [0.25, 0.3) is 0 Å². The van der Waals surface area contributed by atoms with Crippen molar-refractivity contribution in [3.05, 3.63) is 24.8 Å². The van der Waals surface area contributed by atoms with Gasteiger partial charge >= 0.3 is 0 Å². The first-order valence-electron chi connectivity index (χ1n) is 7.96. The molecule has 0 aromatic heterocycles. The Morgan fingerprint density at radius 3 is 2.62 bits per heavy atom. The summed E-state index contributed by atoms with van der Waals surface area (Å²) in [5.74, 6) is -1.00. The Morgan fingerprint density at radius 1 is 1.29 bits per heavy atom. The van der Waals surface area contributed by atoms with Crippen LogP contribution in [-0.4, -0.2) is 42.8 Å². The second kappa shape index (κ2) is 4.42. The maximum atomic E-state index is 11.4. The topological polar surface area (TPSA) is 80.9 Å². The Labute approximate surface area is 125 Å². The molecule has 21 heavy (non-hydrogen) atoms. The highest BCUT2D eigenvalue weighted by atomic mass is 16.4. The molecule has 118 valence electrons. The molecule has 3 rings (SSSR count). The van der Waals surface area contributed by atoms with Crippen LogP contribution >= 0.6 is 0 Å². The molecule has 4 N–H and O–H groups in total. The molecule has 0 unspecified atom stereocenters. The lowest BCUT2D eigenvalue weighted by Crippen LogP contribution is -2.64. The number of hydrogen-bond donors (Lipinski definition) is 4. The summed E-state index contributed by atoms with van der Waals surface area (Å²) in [5.41, 5.74) is -5.77. The van der Waals surface area contributed by atoms with Gasteiger partial charge in [-0.05, 0) is 25.7 Å². The van der Waals surface area contributed by atoms with Crippen molar-refractivity contribution in [2.24, 2.45) is 11.8 Å². The SMILES string of the molecule is C=C[C@@H]1C[C@]2(O)C[C@@]3(O)CCC=C[C@@H]3[C@@]2(O)[C@]1(O)CCC. The van der Waals surface area contributed by atoms with Crippen LogP contribution in [0.4, 0.5) is 0 Å². The summed E-state index contributed by atoms with van der Waals surface area (Å²) in [6, 6.07) is 0. The molecule has 2 saturated carbocycles. The molecule has 0 saturated heterocycles. The molecule has 3 aliphatic carbocycles. The average molecular weight is 294 g/mol. The van der Waals surface area contributed by atoms with Gasteiger partial charge < -0.3 is 20.4 Å². The molecule has 0 aliphatic heterocycles. The second-order valence-corrected chi connectivity index (χ2v) is 7.24. The van der Waals surface area contributed by atoms with Crippen molar-refractivity contribution in [1.29, 1.82) is 0 Å². The maximum Gasteiger partial charge on any atom is 0.131 e. The molecule has 3 aliphatic rings. The summed E-state index contributed by atoms with van der Waals surface area (Å²) >= 11 is 0. The van der Waals surface area contributed by atoms with E-state index in [1.807, 2.05) is 13.0 Å². The van der Waals surface area contributed by atoms with E-state index in [1.165, 1.54) is 0 Å². The van der Waals surface area contributed by atoms with Crippen LogP contribution in [-0.2, 0) is 0 Å². The summed E-state index contributed by atoms with van der Waals surface area (Å²) in [5, 5.41) is 44.7. The van der Waals surface area contributed by atoms with E-state index in [0.717, 1.165) is 6.42 Å². The van der Waals surface area contributed by atoms with Crippen LogP contribution in [0.15, 0.2) is 24.8 Å². The molecule has 6 atom stereocenters. The van der Waals surface area contributed by atoms with Gasteiger partial charge in [0, 0.05) is 18.3 Å². The van der Waals surface area contributed by atoms with E-state index in [1.54, 1.807) is 12.2 Å². The first-order chi connectivity index (χ1) is 9.77. The number of allylic oxidation sites excluding steroid dienone is 1. The lowest BCUT2D eigenvalue weighted by atomic mass is 9.66. The zero-order chi connectivity index (χ0) is 15.5. The Balaban J connectivity index is 2.16. The number of rotatable bonds is 3. The van der Waals surface area contributed by atoms with Crippen molar-refractivity contribution >= 4 is 0 Å². The molecule has 0 amide bonds. The van der Waals surface area contributed by atoms with Crippen molar-refractivity contribution in [1.82, 2.24) is 0 Å². The van der Waals surface area contributed by atoms with Gasteiger partial charge in [0.2, 0.25) is 0 Å². The maximum absolute atomic E-state index is 11.4. The zero-order valence-electron chi connectivity index (χ0n) is 12.6. The van der Waals surface area contributed by atoms with E-state index in [-0.39, 0.29) is 18.8 Å². The van der Waals surface area contributed by atoms with Gasteiger partial charge in [0.1, 0.15) is 16.8 Å². The molecule has 4 heteroatoms. The Morgan fingerprint density at radius 2 is 2.00 bits per heavy atom. The lowest BCUT2D eigenvalue weighted by Gasteiger charge is -2.47. The minimum Gasteiger partial charge on any atom is -0.389 e. The fourth-order valence-electron chi connectivity index (χ4n) is 5.31. The molecule has 0 bridgehead atoms. The molecule has 0 aromatic carbocycles. The van der Waals surface area contributed by atoms with Crippen LogP contribution in [0.1, 0.15) is 45.4 Å². The summed E-state index contributed by atoms with van der Waals surface area (Å²) in [4.78, 5) is 0. The quantitative estimate of drug-likeness (QED) is 0.591. The summed E-state index contributed by atoms with van der Waals surface area (Å²) in [7, 11) is 0. The minimum absolute atomic E-state index is 0.113. The van der Waals surface area contributed by atoms with E-state index in [2.05, 4.69) is 6.58 Å². The fourth-order valence-corrected chi connectivity index (χ4v) is 5.31. The van der Waals surface area contributed by atoms with Gasteiger partial charge in [0.25, 0.3) is 0 Å². The van der Waals surface area contributed by atoms with Gasteiger partial charge in [-0.15, -0.1) is 6.58 Å². The second-order valence-electron chi connectivity index (χ2n) is 7.24. The van der Waals surface area contributed by atoms with E-state index in [4.69, 9.17) is 0 Å². The van der Waals surface area contributed by atoms with Crippen LogP contribution in [0.2, 0.25) is 0 Å². The highest BCUT2D eigenvalue weighted by molar-refractivity contribution is 5.36. The molecule has 0 spiro atoms. The predicted molar refractivity (Wildman–Crippen MR) is 79.5 cm³/mol. The summed E-state index contributed by atoms with van der Waals surface area (Å²) in [6.45, 7) is 5.71. The summed E-state index contributed by atoms with van der Waals surface area (Å²) < 4.78 is 0. The molecule has 2 fully saturated rings. The van der Waals surface area contributed by atoms with Crippen molar-refractivity contribution in [2.75, 3.05) is 0 Å². The highest BCUT2D eigenvalue weighted by Gasteiger charge is 2.79. The van der Waals surface area contributed by atoms with Gasteiger partial charge in [0.05, 0.1) is 5.60 Å². The Hall–Kier alpha value is -0.680. The number of fused-ring (bicyclic) bond motifs is 3. The van der Waals surface area contributed by atoms with Gasteiger partial charge in [0.15, 0.2) is 0 Å². The summed E-state index contributed by atoms with van der Waals surface area (Å²) in [6.07, 6.45) is 8.02. The van der Waals surface area contributed by atoms with Gasteiger partial charge in [-0.3, -0.25) is 0 Å². The van der Waals surface area contributed by atoms with Crippen molar-refractivity contribution in [2.45, 2.75) is 67.9 Å². The molecular weight excluding hydrogens is 268 g/mol. The largest absolute Gasteiger partial charge is 0.389 e. The van der Waals surface area contributed by atoms with Gasteiger partial charge in [-0.2, -0.15) is 0 Å². The van der Waals surface area contributed by atoms with Gasteiger partial charge in [-0.25, -0.2) is 0 Å². The molecular formula is C17H26O4. The van der Waals surface area contributed by atoms with Crippen molar-refractivity contribution < 1.29 is 20.4 Å². The third kappa shape index (κ3) is 1.59. The average Bonchev–Trinajstić information content (AvgIpc) is 2.70. The van der Waals surface area contributed by atoms with E-state index in [0.29, 0.717) is 19.3 Å².